The Balaban J connectivity index is 2.10. The van der Waals surface area contributed by atoms with Gasteiger partial charge in [-0.15, -0.1) is 0 Å². The number of hydrogen-bond donors (Lipinski definition) is 0. The number of carbonyl (C=O) groups excluding carboxylic acids is 2. The molecule has 0 unspecified atom stereocenters. The molecule has 7 nitrogen and oxygen atoms in total. The van der Waals surface area contributed by atoms with Crippen LogP contribution in [0.5, 0.6) is 0 Å². The molecule has 0 N–H and O–H groups in total. The van der Waals surface area contributed by atoms with E-state index in [4.69, 9.17) is 4.74 Å². The Morgan fingerprint density at radius 2 is 2.12 bits per heavy atom. The summed E-state index contributed by atoms with van der Waals surface area (Å²) >= 11 is 1.13. The number of carbonyl (C=O) groups is 2. The van der Waals surface area contributed by atoms with Crippen LogP contribution in [-0.2, 0) is 22.6 Å². The van der Waals surface area contributed by atoms with Crippen LogP contribution in [-0.4, -0.2) is 32.8 Å². The molecule has 9 heteroatoms. The van der Waals surface area contributed by atoms with Gasteiger partial charge in [-0.2, -0.15) is 10.1 Å². The Hall–Kier alpha value is -2.81. The summed E-state index contributed by atoms with van der Waals surface area (Å²) in [5.41, 5.74) is 0.406. The van der Waals surface area contributed by atoms with Crippen molar-refractivity contribution in [3.8, 4) is 0 Å². The van der Waals surface area contributed by atoms with E-state index in [2.05, 4.69) is 10.1 Å². The van der Waals surface area contributed by atoms with Crippen LogP contribution < -0.4 is 4.80 Å². The van der Waals surface area contributed by atoms with Gasteiger partial charge in [0.1, 0.15) is 12.4 Å². The molecule has 0 saturated carbocycles. The maximum Gasteiger partial charge on any atom is 0.326 e. The van der Waals surface area contributed by atoms with Gasteiger partial charge in [0.25, 0.3) is 5.91 Å². The topological polar surface area (TPSA) is 78.5 Å². The number of ether oxygens (including phenoxy) is 1. The Labute approximate surface area is 152 Å². The molecule has 0 atom stereocenters. The largest absolute Gasteiger partial charge is 0.465 e. The van der Waals surface area contributed by atoms with Gasteiger partial charge < -0.3 is 9.30 Å². The van der Waals surface area contributed by atoms with Gasteiger partial charge in [0.05, 0.1) is 16.8 Å². The molecule has 0 fully saturated rings. The number of thiazole rings is 1. The highest BCUT2D eigenvalue weighted by Gasteiger charge is 2.16. The molecule has 2 aromatic heterocycles. The lowest BCUT2D eigenvalue weighted by molar-refractivity contribution is -0.143. The first-order chi connectivity index (χ1) is 12.5. The van der Waals surface area contributed by atoms with Crippen molar-refractivity contribution in [3.63, 3.8) is 0 Å². The van der Waals surface area contributed by atoms with Crippen molar-refractivity contribution in [2.24, 2.45) is 4.99 Å². The molecule has 0 aliphatic rings. The summed E-state index contributed by atoms with van der Waals surface area (Å²) in [5.74, 6) is -1.58. The highest BCUT2D eigenvalue weighted by atomic mass is 32.1. The van der Waals surface area contributed by atoms with E-state index in [-0.39, 0.29) is 29.2 Å². The maximum absolute atomic E-state index is 14.3. The number of aryl methyl sites for hydroxylation is 1. The summed E-state index contributed by atoms with van der Waals surface area (Å²) in [6.07, 6.45) is 1.68. The molecular formula is C17H17FN4O3S. The fraction of sp³-hybridized carbons (Fsp3) is 0.294. The molecule has 1 amide bonds. The van der Waals surface area contributed by atoms with Crippen LogP contribution in [0.1, 0.15) is 24.3 Å². The van der Waals surface area contributed by atoms with E-state index in [1.54, 1.807) is 36.0 Å². The zero-order valence-corrected chi connectivity index (χ0v) is 15.1. The summed E-state index contributed by atoms with van der Waals surface area (Å²) in [5, 5.41) is 4.12. The standard InChI is InChI=1S/C17H17FN4O3S/c1-3-21-9-8-12(20-21)16(24)19-17-22(10-14(23)25-4-2)15-11(18)6-5-7-13(15)26-17/h5-9H,3-4,10H2,1-2H3. The van der Waals surface area contributed by atoms with E-state index in [0.717, 1.165) is 11.3 Å². The summed E-state index contributed by atoms with van der Waals surface area (Å²) in [6.45, 7) is 4.20. The predicted molar refractivity (Wildman–Crippen MR) is 94.2 cm³/mol. The number of rotatable bonds is 5. The van der Waals surface area contributed by atoms with Gasteiger partial charge in [0.2, 0.25) is 0 Å². The third-order valence-corrected chi connectivity index (χ3v) is 4.67. The van der Waals surface area contributed by atoms with E-state index >= 15 is 0 Å². The number of fused-ring (bicyclic) bond motifs is 1. The second-order valence-corrected chi connectivity index (χ2v) is 6.35. The molecule has 0 aliphatic carbocycles. The second kappa shape index (κ2) is 7.61. The van der Waals surface area contributed by atoms with Crippen LogP contribution >= 0.6 is 11.3 Å². The van der Waals surface area contributed by atoms with Crippen molar-refractivity contribution in [2.45, 2.75) is 26.9 Å². The first-order valence-corrected chi connectivity index (χ1v) is 8.91. The first kappa shape index (κ1) is 18.0. The number of hydrogen-bond acceptors (Lipinski definition) is 5. The minimum Gasteiger partial charge on any atom is -0.465 e. The molecular weight excluding hydrogens is 359 g/mol. The number of nitrogens with zero attached hydrogens (tertiary/aromatic N) is 4. The molecule has 2 heterocycles. The average Bonchev–Trinajstić information content (AvgIpc) is 3.21. The van der Waals surface area contributed by atoms with Crippen molar-refractivity contribution in [3.05, 3.63) is 46.8 Å². The Kier molecular flexibility index (Phi) is 5.27. The van der Waals surface area contributed by atoms with Crippen molar-refractivity contribution >= 4 is 33.4 Å². The molecule has 26 heavy (non-hydrogen) atoms. The Morgan fingerprint density at radius 3 is 2.81 bits per heavy atom. The quantitative estimate of drug-likeness (QED) is 0.641. The van der Waals surface area contributed by atoms with Crippen LogP contribution in [0.2, 0.25) is 0 Å². The normalized spacial score (nSPS) is 11.9. The number of para-hydroxylation sites is 1. The van der Waals surface area contributed by atoms with E-state index in [1.165, 1.54) is 10.6 Å². The van der Waals surface area contributed by atoms with E-state index < -0.39 is 17.7 Å². The molecule has 3 aromatic rings. The van der Waals surface area contributed by atoms with Crippen LogP contribution in [0.3, 0.4) is 0 Å². The monoisotopic (exact) mass is 376 g/mol. The number of amides is 1. The Bertz CT molecular complexity index is 1030. The molecule has 0 spiro atoms. The average molecular weight is 376 g/mol. The smallest absolute Gasteiger partial charge is 0.326 e. The summed E-state index contributed by atoms with van der Waals surface area (Å²) in [4.78, 5) is 28.6. The van der Waals surface area contributed by atoms with Crippen LogP contribution in [0.4, 0.5) is 4.39 Å². The zero-order chi connectivity index (χ0) is 18.7. The van der Waals surface area contributed by atoms with Crippen LogP contribution in [0.15, 0.2) is 35.5 Å². The fourth-order valence-electron chi connectivity index (χ4n) is 2.45. The number of benzene rings is 1. The van der Waals surface area contributed by atoms with Gasteiger partial charge in [-0.05, 0) is 32.0 Å². The maximum atomic E-state index is 14.3. The summed E-state index contributed by atoms with van der Waals surface area (Å²) in [6, 6.07) is 6.14. The van der Waals surface area contributed by atoms with Crippen molar-refractivity contribution in [1.29, 1.82) is 0 Å². The molecule has 136 valence electrons. The molecule has 0 saturated heterocycles. The lowest BCUT2D eigenvalue weighted by atomic mass is 10.3. The van der Waals surface area contributed by atoms with Gasteiger partial charge >= 0.3 is 5.97 Å². The van der Waals surface area contributed by atoms with Gasteiger partial charge in [0.15, 0.2) is 10.5 Å². The molecule has 0 bridgehead atoms. The third-order valence-electron chi connectivity index (χ3n) is 3.63. The molecule has 0 aliphatic heterocycles. The minimum atomic E-state index is -0.554. The number of esters is 1. The van der Waals surface area contributed by atoms with E-state index in [0.29, 0.717) is 11.2 Å². The van der Waals surface area contributed by atoms with Gasteiger partial charge in [-0.3, -0.25) is 14.3 Å². The zero-order valence-electron chi connectivity index (χ0n) is 14.3. The highest BCUT2D eigenvalue weighted by molar-refractivity contribution is 7.16. The van der Waals surface area contributed by atoms with Crippen molar-refractivity contribution in [2.75, 3.05) is 6.61 Å². The molecule has 1 aromatic carbocycles. The molecule has 0 radical (unpaired) electrons. The summed E-state index contributed by atoms with van der Waals surface area (Å²) < 4.78 is 22.8. The summed E-state index contributed by atoms with van der Waals surface area (Å²) in [7, 11) is 0. The fourth-order valence-corrected chi connectivity index (χ4v) is 3.49. The lowest BCUT2D eigenvalue weighted by Crippen LogP contribution is -2.23. The third kappa shape index (κ3) is 3.57. The van der Waals surface area contributed by atoms with Crippen molar-refractivity contribution in [1.82, 2.24) is 14.3 Å². The van der Waals surface area contributed by atoms with Gasteiger partial charge in [-0.1, -0.05) is 17.4 Å². The number of aromatic nitrogens is 3. The first-order valence-electron chi connectivity index (χ1n) is 8.09. The van der Waals surface area contributed by atoms with Crippen molar-refractivity contribution < 1.29 is 18.7 Å². The second-order valence-electron chi connectivity index (χ2n) is 5.34. The lowest BCUT2D eigenvalue weighted by Gasteiger charge is -2.05. The number of halogens is 1. The molecule has 3 rings (SSSR count). The van der Waals surface area contributed by atoms with E-state index in [9.17, 15) is 14.0 Å². The SMILES string of the molecule is CCOC(=O)Cn1c(=NC(=O)c2ccn(CC)n2)sc2cccc(F)c21. The Morgan fingerprint density at radius 1 is 1.31 bits per heavy atom. The van der Waals surface area contributed by atoms with Gasteiger partial charge in [-0.25, -0.2) is 4.39 Å². The van der Waals surface area contributed by atoms with Crippen LogP contribution in [0.25, 0.3) is 10.2 Å². The van der Waals surface area contributed by atoms with Gasteiger partial charge in [0, 0.05) is 12.7 Å². The minimum absolute atomic E-state index is 0.187. The highest BCUT2D eigenvalue weighted by Crippen LogP contribution is 2.20. The van der Waals surface area contributed by atoms with Crippen LogP contribution in [0, 0.1) is 5.82 Å². The predicted octanol–water partition coefficient (Wildman–Crippen LogP) is 2.36. The van der Waals surface area contributed by atoms with E-state index in [1.807, 2.05) is 6.92 Å².